The molecule has 4 rings (SSSR count). The first kappa shape index (κ1) is 21.8. The number of allylic oxidation sites excluding steroid dienone is 1. The van der Waals surface area contributed by atoms with Crippen molar-refractivity contribution in [3.8, 4) is 0 Å². The number of hydrogen-bond acceptors (Lipinski definition) is 4. The molecule has 4 heteroatoms. The number of esters is 1. The molecular weight excluding hydrogens is 376 g/mol. The Morgan fingerprint density at radius 2 is 1.77 bits per heavy atom. The minimum Gasteiger partial charge on any atom is -0.457 e. The van der Waals surface area contributed by atoms with Crippen LogP contribution in [0.3, 0.4) is 0 Å². The minimum atomic E-state index is -0.579. The molecule has 0 aliphatic heterocycles. The van der Waals surface area contributed by atoms with Gasteiger partial charge in [-0.2, -0.15) is 0 Å². The summed E-state index contributed by atoms with van der Waals surface area (Å²) in [6.45, 7) is 10.1. The number of carbonyl (C=O) groups is 3. The second-order valence-corrected chi connectivity index (χ2v) is 11.9. The number of ether oxygens (including phenoxy) is 1. The first-order valence-corrected chi connectivity index (χ1v) is 11.9. The Labute approximate surface area is 181 Å². The van der Waals surface area contributed by atoms with Crippen molar-refractivity contribution >= 4 is 17.5 Å². The molecule has 30 heavy (non-hydrogen) atoms. The summed E-state index contributed by atoms with van der Waals surface area (Å²) < 4.78 is 5.38. The molecule has 3 fully saturated rings. The smallest absolute Gasteiger partial charge is 0.311 e. The Kier molecular flexibility index (Phi) is 5.30. The molecule has 0 aromatic heterocycles. The molecule has 0 spiro atoms. The zero-order valence-corrected chi connectivity index (χ0v) is 19.4. The highest BCUT2D eigenvalue weighted by Crippen LogP contribution is 2.66. The van der Waals surface area contributed by atoms with Gasteiger partial charge in [0.05, 0.1) is 5.41 Å². The molecule has 0 saturated heterocycles. The molecule has 4 nitrogen and oxygen atoms in total. The van der Waals surface area contributed by atoms with Crippen LogP contribution >= 0.6 is 0 Å². The van der Waals surface area contributed by atoms with E-state index in [4.69, 9.17) is 4.74 Å². The van der Waals surface area contributed by atoms with Gasteiger partial charge in [0.25, 0.3) is 0 Å². The Hall–Kier alpha value is -1.45. The molecular formula is C26H38O4. The second kappa shape index (κ2) is 7.31. The fourth-order valence-corrected chi connectivity index (χ4v) is 7.54. The summed E-state index contributed by atoms with van der Waals surface area (Å²) in [5.41, 5.74) is 1.00. The lowest BCUT2D eigenvalue weighted by Crippen LogP contribution is -2.51. The fourth-order valence-electron chi connectivity index (χ4n) is 7.54. The highest BCUT2D eigenvalue weighted by molar-refractivity contribution is 5.91. The van der Waals surface area contributed by atoms with Crippen molar-refractivity contribution < 1.29 is 19.1 Å². The van der Waals surface area contributed by atoms with Crippen LogP contribution in [0.15, 0.2) is 11.6 Å². The van der Waals surface area contributed by atoms with E-state index in [0.29, 0.717) is 30.0 Å². The van der Waals surface area contributed by atoms with Crippen molar-refractivity contribution in [2.75, 3.05) is 6.61 Å². The van der Waals surface area contributed by atoms with Gasteiger partial charge in [-0.15, -0.1) is 0 Å². The first-order chi connectivity index (χ1) is 14.0. The topological polar surface area (TPSA) is 60.4 Å². The molecule has 0 bridgehead atoms. The van der Waals surface area contributed by atoms with Crippen molar-refractivity contribution in [3.63, 3.8) is 0 Å². The molecule has 4 aliphatic carbocycles. The molecule has 0 aromatic carbocycles. The van der Waals surface area contributed by atoms with Gasteiger partial charge in [-0.1, -0.05) is 19.4 Å². The van der Waals surface area contributed by atoms with Gasteiger partial charge < -0.3 is 4.74 Å². The zero-order chi connectivity index (χ0) is 21.9. The van der Waals surface area contributed by atoms with Gasteiger partial charge in [-0.3, -0.25) is 14.4 Å². The number of Topliss-reactive ketones (excluding diaryl/α,β-unsaturated/α-hetero) is 1. The molecule has 0 aromatic rings. The Bertz CT molecular complexity index is 787. The average Bonchev–Trinajstić information content (AvgIpc) is 3.03. The molecule has 0 N–H and O–H groups in total. The Morgan fingerprint density at radius 1 is 1.03 bits per heavy atom. The third-order valence-corrected chi connectivity index (χ3v) is 9.31. The lowest BCUT2D eigenvalue weighted by atomic mass is 9.46. The lowest BCUT2D eigenvalue weighted by molar-refractivity contribution is -0.158. The highest BCUT2D eigenvalue weighted by Gasteiger charge is 2.60. The van der Waals surface area contributed by atoms with Crippen LogP contribution in [-0.2, 0) is 19.1 Å². The Morgan fingerprint density at radius 3 is 2.47 bits per heavy atom. The highest BCUT2D eigenvalue weighted by atomic mass is 16.5. The molecule has 4 aliphatic rings. The number of hydrogen-bond donors (Lipinski definition) is 0. The molecule has 0 heterocycles. The fraction of sp³-hybridized carbons (Fsp3) is 0.808. The maximum atomic E-state index is 13.1. The van der Waals surface area contributed by atoms with E-state index in [1.165, 1.54) is 5.57 Å². The van der Waals surface area contributed by atoms with Gasteiger partial charge in [0.15, 0.2) is 11.6 Å². The van der Waals surface area contributed by atoms with Gasteiger partial charge in [-0.05, 0) is 100 Å². The maximum absolute atomic E-state index is 13.1. The normalized spacial score (nSPS) is 40.7. The quantitative estimate of drug-likeness (QED) is 0.589. The van der Waals surface area contributed by atoms with Gasteiger partial charge in [0.1, 0.15) is 6.61 Å². The van der Waals surface area contributed by atoms with E-state index in [1.807, 2.05) is 26.8 Å². The monoisotopic (exact) mass is 414 g/mol. The van der Waals surface area contributed by atoms with Crippen LogP contribution in [0, 0.1) is 39.9 Å². The van der Waals surface area contributed by atoms with E-state index in [9.17, 15) is 14.4 Å². The third-order valence-electron chi connectivity index (χ3n) is 9.31. The van der Waals surface area contributed by atoms with Crippen LogP contribution in [0.4, 0.5) is 0 Å². The molecule has 0 amide bonds. The second-order valence-electron chi connectivity index (χ2n) is 11.9. The summed E-state index contributed by atoms with van der Waals surface area (Å²) in [4.78, 5) is 37.2. The summed E-state index contributed by atoms with van der Waals surface area (Å²) in [5.74, 6) is 1.98. The molecule has 6 atom stereocenters. The summed E-state index contributed by atoms with van der Waals surface area (Å²) in [5, 5.41) is 0. The summed E-state index contributed by atoms with van der Waals surface area (Å²) in [6.07, 6.45) is 10.1. The van der Waals surface area contributed by atoms with Crippen LogP contribution in [-0.4, -0.2) is 24.1 Å². The molecule has 3 saturated carbocycles. The zero-order valence-electron chi connectivity index (χ0n) is 19.4. The van der Waals surface area contributed by atoms with Gasteiger partial charge in [0.2, 0.25) is 0 Å². The van der Waals surface area contributed by atoms with Gasteiger partial charge in [0, 0.05) is 12.3 Å². The van der Waals surface area contributed by atoms with Gasteiger partial charge in [-0.25, -0.2) is 0 Å². The van der Waals surface area contributed by atoms with Crippen molar-refractivity contribution in [3.05, 3.63) is 11.6 Å². The third kappa shape index (κ3) is 3.39. The largest absolute Gasteiger partial charge is 0.457 e. The van der Waals surface area contributed by atoms with Crippen LogP contribution in [0.2, 0.25) is 0 Å². The predicted octanol–water partition coefficient (Wildman–Crippen LogP) is 5.29. The molecule has 0 radical (unpaired) electrons. The predicted molar refractivity (Wildman–Crippen MR) is 116 cm³/mol. The van der Waals surface area contributed by atoms with Crippen molar-refractivity contribution in [1.82, 2.24) is 0 Å². The van der Waals surface area contributed by atoms with E-state index >= 15 is 0 Å². The van der Waals surface area contributed by atoms with E-state index in [-0.39, 0.29) is 35.1 Å². The standard InChI is InChI=1S/C26H38O4/c1-24(2,3)23(29)30-15-22(28)21-9-8-19-18-7-6-16-14-17(27)10-12-25(16,4)20(18)11-13-26(19,21)5/h14,18-21H,6-13,15H2,1-5H3/t18-,19-,20-,21-,25-,26-/m0/s1. The van der Waals surface area contributed by atoms with Crippen LogP contribution in [0.25, 0.3) is 0 Å². The van der Waals surface area contributed by atoms with E-state index in [0.717, 1.165) is 44.9 Å². The SMILES string of the molecule is CC(C)(C)C(=O)OCC(=O)[C@@H]1CC[C@H]2[C@@H]3CCC4=CC(=O)CC[C@]4(C)[C@H]3CC[C@]12C. The average molecular weight is 415 g/mol. The first-order valence-electron chi connectivity index (χ1n) is 11.9. The Balaban J connectivity index is 1.49. The lowest BCUT2D eigenvalue weighted by Gasteiger charge is -2.58. The summed E-state index contributed by atoms with van der Waals surface area (Å²) in [6, 6.07) is 0. The number of ketones is 2. The summed E-state index contributed by atoms with van der Waals surface area (Å²) in [7, 11) is 0. The van der Waals surface area contributed by atoms with Crippen molar-refractivity contribution in [2.45, 2.75) is 86.0 Å². The van der Waals surface area contributed by atoms with Crippen LogP contribution in [0.5, 0.6) is 0 Å². The van der Waals surface area contributed by atoms with E-state index in [2.05, 4.69) is 13.8 Å². The number of carbonyl (C=O) groups excluding carboxylic acids is 3. The molecule has 0 unspecified atom stereocenters. The minimum absolute atomic E-state index is 0.00824. The van der Waals surface area contributed by atoms with Crippen molar-refractivity contribution in [2.24, 2.45) is 39.9 Å². The van der Waals surface area contributed by atoms with Crippen LogP contribution in [0.1, 0.15) is 86.0 Å². The number of rotatable bonds is 3. The van der Waals surface area contributed by atoms with Crippen LogP contribution < -0.4 is 0 Å². The van der Waals surface area contributed by atoms with Crippen molar-refractivity contribution in [1.29, 1.82) is 0 Å². The van der Waals surface area contributed by atoms with Gasteiger partial charge >= 0.3 is 5.97 Å². The maximum Gasteiger partial charge on any atom is 0.311 e. The van der Waals surface area contributed by atoms with E-state index < -0.39 is 5.41 Å². The molecule has 166 valence electrons. The van der Waals surface area contributed by atoms with E-state index in [1.54, 1.807) is 0 Å². The number of fused-ring (bicyclic) bond motifs is 5. The summed E-state index contributed by atoms with van der Waals surface area (Å²) >= 11 is 0.